The molecule has 1 heterocycles. The standard InChI is InChI=1S/C14H27N3O/c1-12-3-2-4-13(6-5-12)16-14(18)11-17-9-7-15-8-10-17/h12-13,15H,2-11H2,1H3,(H,16,18). The molecular weight excluding hydrogens is 226 g/mol. The number of carbonyl (C=O) groups is 1. The number of carbonyl (C=O) groups excluding carboxylic acids is 1. The van der Waals surface area contributed by atoms with E-state index >= 15 is 0 Å². The zero-order chi connectivity index (χ0) is 12.8. The number of rotatable bonds is 3. The third-order valence-electron chi connectivity index (χ3n) is 4.20. The Morgan fingerprint density at radius 1 is 1.22 bits per heavy atom. The predicted octanol–water partition coefficient (Wildman–Crippen LogP) is 0.977. The van der Waals surface area contributed by atoms with Gasteiger partial charge in [0.2, 0.25) is 5.91 Å². The maximum atomic E-state index is 12.0. The first-order valence-electron chi connectivity index (χ1n) is 7.46. The van der Waals surface area contributed by atoms with E-state index in [4.69, 9.17) is 0 Å². The summed E-state index contributed by atoms with van der Waals surface area (Å²) in [6, 6.07) is 0.422. The van der Waals surface area contributed by atoms with Gasteiger partial charge in [0.25, 0.3) is 0 Å². The van der Waals surface area contributed by atoms with E-state index in [0.29, 0.717) is 12.6 Å². The molecule has 2 aliphatic rings. The summed E-state index contributed by atoms with van der Waals surface area (Å²) in [5.41, 5.74) is 0. The van der Waals surface area contributed by atoms with Gasteiger partial charge >= 0.3 is 0 Å². The van der Waals surface area contributed by atoms with E-state index in [2.05, 4.69) is 22.5 Å². The third kappa shape index (κ3) is 4.58. The minimum absolute atomic E-state index is 0.219. The molecule has 2 N–H and O–H groups in total. The van der Waals surface area contributed by atoms with Crippen LogP contribution in [0.1, 0.15) is 39.0 Å². The lowest BCUT2D eigenvalue weighted by atomic mass is 10.0. The average molecular weight is 253 g/mol. The number of hydrogen-bond acceptors (Lipinski definition) is 3. The molecule has 2 atom stereocenters. The fourth-order valence-electron chi connectivity index (χ4n) is 2.98. The molecule has 0 aromatic carbocycles. The lowest BCUT2D eigenvalue weighted by molar-refractivity contribution is -0.123. The largest absolute Gasteiger partial charge is 0.352 e. The molecule has 18 heavy (non-hydrogen) atoms. The Hall–Kier alpha value is -0.610. The van der Waals surface area contributed by atoms with Gasteiger partial charge < -0.3 is 10.6 Å². The summed E-state index contributed by atoms with van der Waals surface area (Å²) in [5.74, 6) is 1.05. The van der Waals surface area contributed by atoms with Crippen LogP contribution in [0.2, 0.25) is 0 Å². The second kappa shape index (κ2) is 7.10. The molecule has 4 heteroatoms. The molecular formula is C14H27N3O. The molecule has 1 saturated carbocycles. The Labute approximate surface area is 110 Å². The van der Waals surface area contributed by atoms with Gasteiger partial charge in [0.15, 0.2) is 0 Å². The number of amides is 1. The summed E-state index contributed by atoms with van der Waals surface area (Å²) in [6.45, 7) is 6.91. The highest BCUT2D eigenvalue weighted by Crippen LogP contribution is 2.22. The lowest BCUT2D eigenvalue weighted by Crippen LogP contribution is -2.48. The van der Waals surface area contributed by atoms with Crippen molar-refractivity contribution in [3.8, 4) is 0 Å². The second-order valence-corrected chi connectivity index (χ2v) is 5.90. The van der Waals surface area contributed by atoms with Crippen LogP contribution in [0.25, 0.3) is 0 Å². The van der Waals surface area contributed by atoms with Gasteiger partial charge in [-0.2, -0.15) is 0 Å². The first kappa shape index (κ1) is 13.8. The summed E-state index contributed by atoms with van der Waals surface area (Å²) < 4.78 is 0. The van der Waals surface area contributed by atoms with Crippen molar-refractivity contribution in [2.75, 3.05) is 32.7 Å². The second-order valence-electron chi connectivity index (χ2n) is 5.90. The highest BCUT2D eigenvalue weighted by atomic mass is 16.2. The van der Waals surface area contributed by atoms with Gasteiger partial charge in [-0.15, -0.1) is 0 Å². The number of nitrogens with zero attached hydrogens (tertiary/aromatic N) is 1. The highest BCUT2D eigenvalue weighted by molar-refractivity contribution is 5.78. The van der Waals surface area contributed by atoms with Gasteiger partial charge in [0.05, 0.1) is 6.54 Å². The number of nitrogens with one attached hydrogen (secondary N) is 2. The molecule has 4 nitrogen and oxygen atoms in total. The maximum Gasteiger partial charge on any atom is 0.234 e. The van der Waals surface area contributed by atoms with Crippen molar-refractivity contribution < 1.29 is 4.79 Å². The molecule has 2 unspecified atom stereocenters. The monoisotopic (exact) mass is 253 g/mol. The number of hydrogen-bond donors (Lipinski definition) is 2. The Kier molecular flexibility index (Phi) is 5.45. The smallest absolute Gasteiger partial charge is 0.234 e. The molecule has 2 fully saturated rings. The van der Waals surface area contributed by atoms with Crippen molar-refractivity contribution >= 4 is 5.91 Å². The summed E-state index contributed by atoms with van der Waals surface area (Å²) in [5, 5.41) is 6.53. The molecule has 0 bridgehead atoms. The molecule has 0 spiro atoms. The minimum Gasteiger partial charge on any atom is -0.352 e. The van der Waals surface area contributed by atoms with Crippen LogP contribution in [-0.2, 0) is 4.79 Å². The molecule has 1 amide bonds. The zero-order valence-corrected chi connectivity index (χ0v) is 11.6. The molecule has 2 rings (SSSR count). The average Bonchev–Trinajstić information content (AvgIpc) is 2.56. The number of piperazine rings is 1. The van der Waals surface area contributed by atoms with Crippen molar-refractivity contribution in [2.24, 2.45) is 5.92 Å². The van der Waals surface area contributed by atoms with Crippen LogP contribution in [0.15, 0.2) is 0 Å². The predicted molar refractivity (Wildman–Crippen MR) is 73.5 cm³/mol. The van der Waals surface area contributed by atoms with E-state index in [1.807, 2.05) is 0 Å². The van der Waals surface area contributed by atoms with Crippen molar-refractivity contribution in [2.45, 2.75) is 45.1 Å². The van der Waals surface area contributed by atoms with E-state index < -0.39 is 0 Å². The SMILES string of the molecule is CC1CCCC(NC(=O)CN2CCNCC2)CC1. The zero-order valence-electron chi connectivity index (χ0n) is 11.6. The Balaban J connectivity index is 1.69. The van der Waals surface area contributed by atoms with E-state index in [1.165, 1.54) is 19.3 Å². The van der Waals surface area contributed by atoms with Crippen LogP contribution < -0.4 is 10.6 Å². The minimum atomic E-state index is 0.219. The van der Waals surface area contributed by atoms with Gasteiger partial charge in [-0.1, -0.05) is 19.8 Å². The van der Waals surface area contributed by atoms with Crippen molar-refractivity contribution in [1.29, 1.82) is 0 Å². The van der Waals surface area contributed by atoms with Gasteiger partial charge in [0.1, 0.15) is 0 Å². The summed E-state index contributed by atoms with van der Waals surface area (Å²) in [4.78, 5) is 14.2. The maximum absolute atomic E-state index is 12.0. The Bertz CT molecular complexity index is 264. The van der Waals surface area contributed by atoms with Crippen LogP contribution in [0.3, 0.4) is 0 Å². The first-order chi connectivity index (χ1) is 8.74. The topological polar surface area (TPSA) is 44.4 Å². The van der Waals surface area contributed by atoms with Crippen LogP contribution in [0.5, 0.6) is 0 Å². The summed E-state index contributed by atoms with van der Waals surface area (Å²) in [6.07, 6.45) is 6.18. The molecule has 0 aromatic heterocycles. The highest BCUT2D eigenvalue weighted by Gasteiger charge is 2.19. The van der Waals surface area contributed by atoms with Crippen LogP contribution in [-0.4, -0.2) is 49.6 Å². The lowest BCUT2D eigenvalue weighted by Gasteiger charge is -2.27. The quantitative estimate of drug-likeness (QED) is 0.737. The van der Waals surface area contributed by atoms with Gasteiger partial charge in [-0.05, 0) is 25.2 Å². The Morgan fingerprint density at radius 3 is 2.78 bits per heavy atom. The van der Waals surface area contributed by atoms with Crippen molar-refractivity contribution in [3.05, 3.63) is 0 Å². The van der Waals surface area contributed by atoms with E-state index in [0.717, 1.165) is 44.9 Å². The molecule has 1 saturated heterocycles. The van der Waals surface area contributed by atoms with Gasteiger partial charge in [-0.3, -0.25) is 9.69 Å². The van der Waals surface area contributed by atoms with Crippen LogP contribution in [0, 0.1) is 5.92 Å². The van der Waals surface area contributed by atoms with Gasteiger partial charge in [0, 0.05) is 32.2 Å². The summed E-state index contributed by atoms with van der Waals surface area (Å²) >= 11 is 0. The molecule has 0 aromatic rings. The third-order valence-corrected chi connectivity index (χ3v) is 4.20. The first-order valence-corrected chi connectivity index (χ1v) is 7.46. The van der Waals surface area contributed by atoms with E-state index in [-0.39, 0.29) is 5.91 Å². The molecule has 0 radical (unpaired) electrons. The van der Waals surface area contributed by atoms with Crippen molar-refractivity contribution in [1.82, 2.24) is 15.5 Å². The fraction of sp³-hybridized carbons (Fsp3) is 0.929. The Morgan fingerprint density at radius 2 is 2.00 bits per heavy atom. The molecule has 104 valence electrons. The fourth-order valence-corrected chi connectivity index (χ4v) is 2.98. The molecule has 1 aliphatic heterocycles. The van der Waals surface area contributed by atoms with Crippen LogP contribution >= 0.6 is 0 Å². The van der Waals surface area contributed by atoms with E-state index in [1.54, 1.807) is 0 Å². The molecule has 1 aliphatic carbocycles. The van der Waals surface area contributed by atoms with Gasteiger partial charge in [-0.25, -0.2) is 0 Å². The van der Waals surface area contributed by atoms with E-state index in [9.17, 15) is 4.79 Å². The summed E-state index contributed by atoms with van der Waals surface area (Å²) in [7, 11) is 0. The normalized spacial score (nSPS) is 30.7. The van der Waals surface area contributed by atoms with Crippen LogP contribution in [0.4, 0.5) is 0 Å². The van der Waals surface area contributed by atoms with Crippen molar-refractivity contribution in [3.63, 3.8) is 0 Å².